The van der Waals surface area contributed by atoms with Crippen LogP contribution in [0.15, 0.2) is 48.5 Å². The minimum absolute atomic E-state index is 0.0296. The quantitative estimate of drug-likeness (QED) is 0.508. The van der Waals surface area contributed by atoms with E-state index in [-0.39, 0.29) is 29.7 Å². The van der Waals surface area contributed by atoms with E-state index in [2.05, 4.69) is 20.9 Å². The summed E-state index contributed by atoms with van der Waals surface area (Å²) < 4.78 is 5.27. The monoisotopic (exact) mass is 480 g/mol. The molecule has 2 atom stereocenters. The van der Waals surface area contributed by atoms with E-state index >= 15 is 0 Å². The van der Waals surface area contributed by atoms with Gasteiger partial charge in [-0.15, -0.1) is 0 Å². The first-order valence-electron chi connectivity index (χ1n) is 12.2. The Labute approximate surface area is 207 Å². The maximum atomic E-state index is 12.9. The molecule has 2 aromatic carbocycles. The summed E-state index contributed by atoms with van der Waals surface area (Å²) in [5, 5.41) is 8.80. The van der Waals surface area contributed by atoms with Crippen molar-refractivity contribution < 1.29 is 19.1 Å². The first kappa shape index (κ1) is 26.2. The molecule has 3 rings (SSSR count). The molecule has 1 fully saturated rings. The number of piperidine rings is 1. The second-order valence-electron chi connectivity index (χ2n) is 9.30. The first-order valence-corrected chi connectivity index (χ1v) is 12.2. The highest BCUT2D eigenvalue weighted by Crippen LogP contribution is 2.24. The normalized spacial score (nSPS) is 16.9. The van der Waals surface area contributed by atoms with Crippen molar-refractivity contribution in [3.63, 3.8) is 0 Å². The van der Waals surface area contributed by atoms with Crippen LogP contribution in [0.1, 0.15) is 44.0 Å². The third-order valence-electron chi connectivity index (χ3n) is 6.34. The van der Waals surface area contributed by atoms with Crippen LogP contribution in [0.5, 0.6) is 5.75 Å². The highest BCUT2D eigenvalue weighted by molar-refractivity contribution is 6.05. The van der Waals surface area contributed by atoms with E-state index in [0.717, 1.165) is 25.9 Å². The number of nitrogens with zero attached hydrogens (tertiary/aromatic N) is 1. The Bertz CT molecular complexity index is 1020. The lowest BCUT2D eigenvalue weighted by molar-refractivity contribution is -0.125. The number of nitrogens with one attached hydrogen (secondary N) is 3. The van der Waals surface area contributed by atoms with E-state index in [1.165, 1.54) is 0 Å². The topological polar surface area (TPSA) is 99.8 Å². The van der Waals surface area contributed by atoms with Gasteiger partial charge >= 0.3 is 0 Å². The molecular weight excluding hydrogens is 444 g/mol. The Morgan fingerprint density at radius 3 is 2.40 bits per heavy atom. The van der Waals surface area contributed by atoms with Crippen LogP contribution in [-0.4, -0.2) is 55.4 Å². The second kappa shape index (κ2) is 12.4. The van der Waals surface area contributed by atoms with Gasteiger partial charge in [0.2, 0.25) is 11.8 Å². The zero-order valence-corrected chi connectivity index (χ0v) is 21.0. The zero-order valence-electron chi connectivity index (χ0n) is 21.0. The Kier molecular flexibility index (Phi) is 9.25. The van der Waals surface area contributed by atoms with E-state index in [0.29, 0.717) is 35.2 Å². The third-order valence-corrected chi connectivity index (χ3v) is 6.34. The molecule has 8 nitrogen and oxygen atoms in total. The summed E-state index contributed by atoms with van der Waals surface area (Å²) in [5.41, 5.74) is 1.70. The van der Waals surface area contributed by atoms with Crippen molar-refractivity contribution in [2.75, 3.05) is 37.4 Å². The maximum Gasteiger partial charge on any atom is 0.255 e. The van der Waals surface area contributed by atoms with Crippen LogP contribution in [-0.2, 0) is 9.59 Å². The van der Waals surface area contributed by atoms with Crippen molar-refractivity contribution in [1.82, 2.24) is 10.2 Å². The molecule has 1 aliphatic heterocycles. The van der Waals surface area contributed by atoms with Crippen LogP contribution in [0.25, 0.3) is 0 Å². The Hall–Kier alpha value is -3.39. The number of para-hydroxylation sites is 2. The van der Waals surface area contributed by atoms with Crippen molar-refractivity contribution in [2.24, 2.45) is 11.8 Å². The van der Waals surface area contributed by atoms with Gasteiger partial charge in [-0.25, -0.2) is 0 Å². The molecule has 0 spiro atoms. The van der Waals surface area contributed by atoms with Gasteiger partial charge in [0.05, 0.1) is 18.8 Å². The molecule has 0 aromatic heterocycles. The van der Waals surface area contributed by atoms with Crippen molar-refractivity contribution in [3.05, 3.63) is 54.1 Å². The summed E-state index contributed by atoms with van der Waals surface area (Å²) in [4.78, 5) is 39.5. The van der Waals surface area contributed by atoms with Gasteiger partial charge in [-0.3, -0.25) is 19.3 Å². The molecule has 0 bridgehead atoms. The summed E-state index contributed by atoms with van der Waals surface area (Å²) >= 11 is 0. The number of likely N-dealkylation sites (tertiary alicyclic amines) is 1. The predicted molar refractivity (Wildman–Crippen MR) is 138 cm³/mol. The molecule has 2 unspecified atom stereocenters. The minimum Gasteiger partial charge on any atom is -0.495 e. The number of carbonyl (C=O) groups is 3. The number of ether oxygens (including phenoxy) is 1. The van der Waals surface area contributed by atoms with Gasteiger partial charge in [0.15, 0.2) is 0 Å². The summed E-state index contributed by atoms with van der Waals surface area (Å²) in [6.07, 6.45) is 2.04. The summed E-state index contributed by atoms with van der Waals surface area (Å²) in [5.74, 6) is 0.599. The molecule has 188 valence electrons. The summed E-state index contributed by atoms with van der Waals surface area (Å²) in [7, 11) is 1.55. The molecule has 8 heteroatoms. The molecule has 1 saturated heterocycles. The van der Waals surface area contributed by atoms with Crippen molar-refractivity contribution in [3.8, 4) is 5.75 Å². The van der Waals surface area contributed by atoms with E-state index in [4.69, 9.17) is 4.74 Å². The molecule has 1 heterocycles. The van der Waals surface area contributed by atoms with Gasteiger partial charge < -0.3 is 20.7 Å². The largest absolute Gasteiger partial charge is 0.495 e. The molecule has 3 N–H and O–H groups in total. The number of hydrogen-bond donors (Lipinski definition) is 3. The average molecular weight is 481 g/mol. The van der Waals surface area contributed by atoms with Crippen molar-refractivity contribution in [1.29, 1.82) is 0 Å². The van der Waals surface area contributed by atoms with Crippen LogP contribution < -0.4 is 20.7 Å². The lowest BCUT2D eigenvalue weighted by Gasteiger charge is -2.36. The third kappa shape index (κ3) is 7.29. The fourth-order valence-electron chi connectivity index (χ4n) is 4.12. The predicted octanol–water partition coefficient (Wildman–Crippen LogP) is 3.76. The fourth-order valence-corrected chi connectivity index (χ4v) is 4.12. The Morgan fingerprint density at radius 1 is 1.00 bits per heavy atom. The van der Waals surface area contributed by atoms with Gasteiger partial charge in [-0.2, -0.15) is 0 Å². The average Bonchev–Trinajstić information content (AvgIpc) is 2.87. The van der Waals surface area contributed by atoms with E-state index in [1.54, 1.807) is 43.5 Å². The highest BCUT2D eigenvalue weighted by Gasteiger charge is 2.28. The van der Waals surface area contributed by atoms with Gasteiger partial charge in [0.1, 0.15) is 5.75 Å². The number of amides is 3. The van der Waals surface area contributed by atoms with Crippen molar-refractivity contribution in [2.45, 2.75) is 39.7 Å². The van der Waals surface area contributed by atoms with E-state index < -0.39 is 0 Å². The summed E-state index contributed by atoms with van der Waals surface area (Å²) in [6, 6.07) is 13.7. The number of rotatable bonds is 9. The molecule has 0 radical (unpaired) electrons. The zero-order chi connectivity index (χ0) is 25.4. The van der Waals surface area contributed by atoms with Crippen LogP contribution in [0.4, 0.5) is 11.4 Å². The van der Waals surface area contributed by atoms with Gasteiger partial charge in [0.25, 0.3) is 5.91 Å². The van der Waals surface area contributed by atoms with Crippen LogP contribution in [0.2, 0.25) is 0 Å². The first-order chi connectivity index (χ1) is 16.8. The van der Waals surface area contributed by atoms with Crippen LogP contribution in [0.3, 0.4) is 0 Å². The van der Waals surface area contributed by atoms with Crippen LogP contribution >= 0.6 is 0 Å². The second-order valence-corrected chi connectivity index (χ2v) is 9.30. The molecule has 0 saturated carbocycles. The molecule has 35 heavy (non-hydrogen) atoms. The number of methoxy groups -OCH3 is 1. The van der Waals surface area contributed by atoms with Gasteiger partial charge in [-0.1, -0.05) is 26.0 Å². The lowest BCUT2D eigenvalue weighted by Crippen LogP contribution is -2.49. The fraction of sp³-hybridized carbons (Fsp3) is 0.444. The SMILES string of the molecule is COc1ccccc1NC(=O)c1ccc(NC(=O)C(C)N2CCCC(CNC(=O)C(C)C)C2)cc1. The molecular formula is C27H36N4O4. The number of carbonyl (C=O) groups excluding carboxylic acids is 3. The molecule has 3 amide bonds. The molecule has 1 aliphatic rings. The van der Waals surface area contributed by atoms with E-state index in [1.807, 2.05) is 32.9 Å². The maximum absolute atomic E-state index is 12.9. The highest BCUT2D eigenvalue weighted by atomic mass is 16.5. The number of benzene rings is 2. The lowest BCUT2D eigenvalue weighted by atomic mass is 9.96. The van der Waals surface area contributed by atoms with E-state index in [9.17, 15) is 14.4 Å². The van der Waals surface area contributed by atoms with Crippen molar-refractivity contribution >= 4 is 29.1 Å². The molecule has 0 aliphatic carbocycles. The van der Waals surface area contributed by atoms with Gasteiger partial charge in [-0.05, 0) is 68.6 Å². The molecule has 2 aromatic rings. The standard InChI is InChI=1S/C27H36N4O4/c1-18(2)25(32)28-16-20-8-7-15-31(17-20)19(3)26(33)29-22-13-11-21(12-14-22)27(34)30-23-9-5-6-10-24(23)35-4/h5-6,9-14,18-20H,7-8,15-17H2,1-4H3,(H,28,32)(H,29,33)(H,30,34). The smallest absolute Gasteiger partial charge is 0.255 e. The minimum atomic E-state index is -0.299. The Balaban J connectivity index is 1.53. The Morgan fingerprint density at radius 2 is 1.71 bits per heavy atom. The number of anilines is 2. The van der Waals surface area contributed by atoms with Gasteiger partial charge in [0, 0.05) is 30.3 Å². The number of hydrogen-bond acceptors (Lipinski definition) is 5. The summed E-state index contributed by atoms with van der Waals surface area (Å²) in [6.45, 7) is 7.93. The van der Waals surface area contributed by atoms with Crippen LogP contribution in [0, 0.1) is 11.8 Å².